The molecule has 0 unspecified atom stereocenters. The number of carbonyl (C=O) groups excluding carboxylic acids is 3. The van der Waals surface area contributed by atoms with Crippen LogP contribution >= 0.6 is 23.2 Å². The van der Waals surface area contributed by atoms with Crippen LogP contribution in [0.15, 0.2) is 60.7 Å². The van der Waals surface area contributed by atoms with Crippen molar-refractivity contribution in [3.05, 3.63) is 93.2 Å². The van der Waals surface area contributed by atoms with Crippen molar-refractivity contribution in [1.29, 1.82) is 0 Å². The van der Waals surface area contributed by atoms with E-state index in [0.29, 0.717) is 33.9 Å². The summed E-state index contributed by atoms with van der Waals surface area (Å²) in [5.74, 6) is -1.95. The Morgan fingerprint density at radius 3 is 2.36 bits per heavy atom. The zero-order chi connectivity index (χ0) is 31.3. The molecule has 1 spiro atoms. The standard InChI is InChI=1S/C34H33Cl2FN4O3/c1-33(2,3)16-26-34(22-12-9-20(35)15-25(22)39-32(34)44)27(19-8-13-24(37)23(36)14-19)28-31(43)40(30(41(26)28)18-4-5-18)21-10-6-17(7-11-21)29(38)42/h6-15,18,26-28,30H,4-5,16H2,1-3H3,(H2,38,42)(H,39,44)/t26-,27-,28+,30+,34+/m0/s1. The molecule has 3 N–H and O–H groups in total. The fourth-order valence-corrected chi connectivity index (χ4v) is 8.32. The number of rotatable bonds is 5. The monoisotopic (exact) mass is 634 g/mol. The Hall–Kier alpha value is -3.46. The summed E-state index contributed by atoms with van der Waals surface area (Å²) >= 11 is 12.8. The van der Waals surface area contributed by atoms with Gasteiger partial charge in [-0.05, 0) is 90.3 Å². The summed E-state index contributed by atoms with van der Waals surface area (Å²) in [7, 11) is 0. The number of primary amides is 1. The smallest absolute Gasteiger partial charge is 0.248 e. The molecule has 2 saturated heterocycles. The first-order chi connectivity index (χ1) is 20.8. The predicted molar refractivity (Wildman–Crippen MR) is 168 cm³/mol. The van der Waals surface area contributed by atoms with Crippen molar-refractivity contribution in [2.45, 2.75) is 69.6 Å². The minimum absolute atomic E-state index is 0.0682. The molecule has 4 aliphatic rings. The highest BCUT2D eigenvalue weighted by Gasteiger charge is 2.74. The van der Waals surface area contributed by atoms with Gasteiger partial charge in [0.2, 0.25) is 17.7 Å². The number of anilines is 2. The number of nitrogens with zero attached hydrogens (tertiary/aromatic N) is 2. The SMILES string of the molecule is CC(C)(C)C[C@@H]1N2[C@H](C3CC3)N(c3ccc(C(N)=O)cc3)C(=O)[C@H]2[C@H](c2ccc(F)c(Cl)c2)[C@]12C(=O)Nc1cc(Cl)ccc12. The number of nitrogens with two attached hydrogens (primary N) is 1. The van der Waals surface area contributed by atoms with Gasteiger partial charge in [0.1, 0.15) is 17.3 Å². The highest BCUT2D eigenvalue weighted by molar-refractivity contribution is 6.31. The average molecular weight is 636 g/mol. The maximum absolute atomic E-state index is 14.9. The van der Waals surface area contributed by atoms with Crippen molar-refractivity contribution in [2.75, 3.05) is 10.2 Å². The second-order valence-corrected chi connectivity index (χ2v) is 14.6. The molecule has 7 nitrogen and oxygen atoms in total. The van der Waals surface area contributed by atoms with E-state index in [1.165, 1.54) is 6.07 Å². The van der Waals surface area contributed by atoms with Crippen LogP contribution in [-0.4, -0.2) is 40.9 Å². The molecule has 3 aromatic carbocycles. The largest absolute Gasteiger partial charge is 0.366 e. The molecule has 0 aromatic heterocycles. The number of hydrogen-bond donors (Lipinski definition) is 2. The Morgan fingerprint density at radius 1 is 1.05 bits per heavy atom. The lowest BCUT2D eigenvalue weighted by Crippen LogP contribution is -2.55. The summed E-state index contributed by atoms with van der Waals surface area (Å²) in [6, 6.07) is 15.6. The van der Waals surface area contributed by atoms with Crippen LogP contribution in [0.4, 0.5) is 15.8 Å². The number of fused-ring (bicyclic) bond motifs is 3. The van der Waals surface area contributed by atoms with E-state index in [1.807, 2.05) is 11.0 Å². The maximum Gasteiger partial charge on any atom is 0.248 e. The Balaban J connectivity index is 1.49. The van der Waals surface area contributed by atoms with Crippen LogP contribution in [0.5, 0.6) is 0 Å². The molecule has 0 bridgehead atoms. The molecular weight excluding hydrogens is 602 g/mol. The zero-order valence-electron chi connectivity index (χ0n) is 24.6. The van der Waals surface area contributed by atoms with Crippen LogP contribution < -0.4 is 16.0 Å². The van der Waals surface area contributed by atoms with E-state index in [2.05, 4.69) is 31.0 Å². The van der Waals surface area contributed by atoms with Crippen molar-refractivity contribution < 1.29 is 18.8 Å². The lowest BCUT2D eigenvalue weighted by molar-refractivity contribution is -0.123. The van der Waals surface area contributed by atoms with Gasteiger partial charge < -0.3 is 11.1 Å². The summed E-state index contributed by atoms with van der Waals surface area (Å²) < 4.78 is 14.6. The number of hydrogen-bond acceptors (Lipinski definition) is 4. The number of halogens is 3. The highest BCUT2D eigenvalue weighted by atomic mass is 35.5. The quantitative estimate of drug-likeness (QED) is 0.336. The van der Waals surface area contributed by atoms with Crippen molar-refractivity contribution in [1.82, 2.24) is 4.90 Å². The van der Waals surface area contributed by atoms with Gasteiger partial charge in [0.25, 0.3) is 0 Å². The first kappa shape index (κ1) is 29.3. The second kappa shape index (κ2) is 10.0. The first-order valence-corrected chi connectivity index (χ1v) is 15.7. The summed E-state index contributed by atoms with van der Waals surface area (Å²) in [6.45, 7) is 6.41. The zero-order valence-corrected chi connectivity index (χ0v) is 26.1. The van der Waals surface area contributed by atoms with Gasteiger partial charge in [-0.25, -0.2) is 4.39 Å². The lowest BCUT2D eigenvalue weighted by atomic mass is 9.62. The van der Waals surface area contributed by atoms with E-state index in [-0.39, 0.29) is 34.3 Å². The van der Waals surface area contributed by atoms with E-state index >= 15 is 0 Å². The van der Waals surface area contributed by atoms with E-state index in [9.17, 15) is 18.8 Å². The summed E-state index contributed by atoms with van der Waals surface area (Å²) in [4.78, 5) is 45.5. The molecule has 3 aromatic rings. The predicted octanol–water partition coefficient (Wildman–Crippen LogP) is 6.48. The highest BCUT2D eigenvalue weighted by Crippen LogP contribution is 2.64. The fraction of sp³-hybridized carbons (Fsp3) is 0.382. The second-order valence-electron chi connectivity index (χ2n) is 13.7. The van der Waals surface area contributed by atoms with Crippen molar-refractivity contribution in [3.8, 4) is 0 Å². The van der Waals surface area contributed by atoms with Gasteiger partial charge in [0, 0.05) is 33.9 Å². The van der Waals surface area contributed by atoms with Crippen LogP contribution in [0.25, 0.3) is 0 Å². The molecule has 10 heteroatoms. The molecule has 44 heavy (non-hydrogen) atoms. The summed E-state index contributed by atoms with van der Waals surface area (Å²) in [5, 5.41) is 3.53. The average Bonchev–Trinajstić information content (AvgIpc) is 3.63. The van der Waals surface area contributed by atoms with E-state index in [4.69, 9.17) is 28.9 Å². The Bertz CT molecular complexity index is 1720. The van der Waals surface area contributed by atoms with Gasteiger partial charge >= 0.3 is 0 Å². The van der Waals surface area contributed by atoms with Crippen LogP contribution in [0, 0.1) is 17.2 Å². The third-order valence-electron chi connectivity index (χ3n) is 9.71. The first-order valence-electron chi connectivity index (χ1n) is 14.9. The van der Waals surface area contributed by atoms with Crippen molar-refractivity contribution in [3.63, 3.8) is 0 Å². The van der Waals surface area contributed by atoms with E-state index in [1.54, 1.807) is 48.5 Å². The molecule has 228 valence electrons. The lowest BCUT2D eigenvalue weighted by Gasteiger charge is -2.43. The van der Waals surface area contributed by atoms with Gasteiger partial charge in [-0.3, -0.25) is 24.2 Å². The fourth-order valence-electron chi connectivity index (χ4n) is 7.96. The Kier molecular flexibility index (Phi) is 6.67. The number of amides is 3. The third-order valence-corrected chi connectivity index (χ3v) is 10.2. The minimum Gasteiger partial charge on any atom is -0.366 e. The molecule has 1 aliphatic carbocycles. The van der Waals surface area contributed by atoms with Crippen LogP contribution in [0.2, 0.25) is 10.0 Å². The molecule has 3 fully saturated rings. The molecule has 5 atom stereocenters. The van der Waals surface area contributed by atoms with Crippen LogP contribution in [0.3, 0.4) is 0 Å². The minimum atomic E-state index is -1.18. The molecule has 3 amide bonds. The number of nitrogens with one attached hydrogen (secondary N) is 1. The molecule has 3 heterocycles. The van der Waals surface area contributed by atoms with Gasteiger partial charge in [-0.1, -0.05) is 56.1 Å². The normalized spacial score (nSPS) is 28.0. The van der Waals surface area contributed by atoms with E-state index in [0.717, 1.165) is 18.4 Å². The third kappa shape index (κ3) is 4.29. The van der Waals surface area contributed by atoms with Gasteiger partial charge in [-0.2, -0.15) is 0 Å². The molecular formula is C34H33Cl2FN4O3. The molecule has 0 radical (unpaired) electrons. The van der Waals surface area contributed by atoms with E-state index < -0.39 is 35.1 Å². The summed E-state index contributed by atoms with van der Waals surface area (Å²) in [6.07, 6.45) is 2.17. The van der Waals surface area contributed by atoms with Crippen LogP contribution in [0.1, 0.15) is 67.4 Å². The topological polar surface area (TPSA) is 95.7 Å². The Labute approximate surface area is 265 Å². The van der Waals surface area contributed by atoms with Crippen LogP contribution in [-0.2, 0) is 15.0 Å². The Morgan fingerprint density at radius 2 is 1.75 bits per heavy atom. The van der Waals surface area contributed by atoms with Gasteiger partial charge in [-0.15, -0.1) is 0 Å². The molecule has 7 rings (SSSR count). The van der Waals surface area contributed by atoms with Gasteiger partial charge in [0.05, 0.1) is 11.2 Å². The van der Waals surface area contributed by atoms with Crippen molar-refractivity contribution in [2.24, 2.45) is 17.1 Å². The van der Waals surface area contributed by atoms with Crippen molar-refractivity contribution >= 4 is 52.3 Å². The number of benzene rings is 3. The number of carbonyl (C=O) groups is 3. The summed E-state index contributed by atoms with van der Waals surface area (Å²) in [5.41, 5.74) is 7.14. The maximum atomic E-state index is 14.9. The van der Waals surface area contributed by atoms with Gasteiger partial charge in [0.15, 0.2) is 0 Å². The molecule has 1 saturated carbocycles. The molecule has 3 aliphatic heterocycles.